The molecule has 3 amide bonds. The van der Waals surface area contributed by atoms with Crippen LogP contribution in [0.1, 0.15) is 30.5 Å². The van der Waals surface area contributed by atoms with E-state index in [-0.39, 0.29) is 18.2 Å². The van der Waals surface area contributed by atoms with E-state index in [1.54, 1.807) is 41.3 Å². The second-order valence-corrected chi connectivity index (χ2v) is 6.63. The number of amides is 3. The van der Waals surface area contributed by atoms with Crippen LogP contribution in [-0.2, 0) is 20.8 Å². The van der Waals surface area contributed by atoms with E-state index < -0.39 is 17.9 Å². The van der Waals surface area contributed by atoms with Crippen LogP contribution in [0.4, 0.5) is 5.69 Å². The second-order valence-electron chi connectivity index (χ2n) is 6.63. The molecule has 1 aliphatic rings. The van der Waals surface area contributed by atoms with Gasteiger partial charge in [-0.3, -0.25) is 14.4 Å². The largest absolute Gasteiger partial charge is 0.508 e. The van der Waals surface area contributed by atoms with E-state index in [1.807, 2.05) is 19.1 Å². The monoisotopic (exact) mass is 381 g/mol. The highest BCUT2D eigenvalue weighted by Gasteiger charge is 2.38. The quantitative estimate of drug-likeness (QED) is 0.663. The van der Waals surface area contributed by atoms with E-state index >= 15 is 0 Å². The van der Waals surface area contributed by atoms with Gasteiger partial charge in [0.15, 0.2) is 0 Å². The number of nitrogens with zero attached hydrogens (tertiary/aromatic N) is 1. The zero-order chi connectivity index (χ0) is 20.1. The summed E-state index contributed by atoms with van der Waals surface area (Å²) >= 11 is 0. The Morgan fingerprint density at radius 3 is 2.50 bits per heavy atom. The van der Waals surface area contributed by atoms with Crippen molar-refractivity contribution < 1.29 is 19.5 Å². The number of hydrogen-bond donors (Lipinski definition) is 3. The molecule has 7 nitrogen and oxygen atoms in total. The van der Waals surface area contributed by atoms with Crippen molar-refractivity contribution in [3.63, 3.8) is 0 Å². The van der Waals surface area contributed by atoms with E-state index in [0.29, 0.717) is 18.5 Å². The summed E-state index contributed by atoms with van der Waals surface area (Å²) in [6.07, 6.45) is 1.31. The first-order valence-electron chi connectivity index (χ1n) is 9.28. The van der Waals surface area contributed by atoms with E-state index in [2.05, 4.69) is 10.6 Å². The van der Waals surface area contributed by atoms with Crippen molar-refractivity contribution in [2.75, 3.05) is 18.0 Å². The number of rotatable bonds is 6. The van der Waals surface area contributed by atoms with Crippen molar-refractivity contribution in [1.82, 2.24) is 10.6 Å². The van der Waals surface area contributed by atoms with Crippen molar-refractivity contribution in [2.24, 2.45) is 0 Å². The predicted molar refractivity (Wildman–Crippen MR) is 105 cm³/mol. The normalized spacial score (nSPS) is 15.2. The van der Waals surface area contributed by atoms with Crippen molar-refractivity contribution in [3.8, 4) is 5.75 Å². The first-order chi connectivity index (χ1) is 13.5. The molecule has 1 aliphatic heterocycles. The number of hydrogen-bond acceptors (Lipinski definition) is 4. The van der Waals surface area contributed by atoms with Crippen molar-refractivity contribution in [2.45, 2.75) is 25.8 Å². The number of carbonyl (C=O) groups excluding carboxylic acids is 3. The van der Waals surface area contributed by atoms with Crippen LogP contribution in [0.5, 0.6) is 5.75 Å². The summed E-state index contributed by atoms with van der Waals surface area (Å²) in [6.45, 7) is 2.80. The van der Waals surface area contributed by atoms with Gasteiger partial charge in [-0.25, -0.2) is 0 Å². The Morgan fingerprint density at radius 2 is 1.79 bits per heavy atom. The van der Waals surface area contributed by atoms with Crippen LogP contribution in [0, 0.1) is 0 Å². The molecule has 3 rings (SSSR count). The number of nitrogens with one attached hydrogen (secondary N) is 2. The minimum absolute atomic E-state index is 0.172. The summed E-state index contributed by atoms with van der Waals surface area (Å²) in [5, 5.41) is 14.4. The third-order valence-electron chi connectivity index (χ3n) is 4.62. The molecule has 0 fully saturated rings. The third-order valence-corrected chi connectivity index (χ3v) is 4.62. The molecule has 0 radical (unpaired) electrons. The number of carbonyl (C=O) groups is 3. The van der Waals surface area contributed by atoms with Crippen molar-refractivity contribution in [1.29, 1.82) is 0 Å². The number of phenols is 1. The standard InChI is InChI=1S/C21H23N3O4/c1-2-13-24-17-6-4-3-5-16(17)18(21(24)28)23-20(27)19(26)22-12-11-14-7-9-15(25)10-8-14/h3-10,18,25H,2,11-13H2,1H3,(H,22,26)(H,23,27). The summed E-state index contributed by atoms with van der Waals surface area (Å²) in [4.78, 5) is 38.7. The zero-order valence-corrected chi connectivity index (χ0v) is 15.6. The first-order valence-corrected chi connectivity index (χ1v) is 9.28. The number of para-hydroxylation sites is 1. The fourth-order valence-corrected chi connectivity index (χ4v) is 3.24. The Bertz CT molecular complexity index is 879. The van der Waals surface area contributed by atoms with Crippen molar-refractivity contribution >= 4 is 23.4 Å². The van der Waals surface area contributed by atoms with Gasteiger partial charge in [0.25, 0.3) is 5.91 Å². The predicted octanol–water partition coefficient (Wildman–Crippen LogP) is 1.67. The second kappa shape index (κ2) is 8.56. The fourth-order valence-electron chi connectivity index (χ4n) is 3.24. The molecule has 1 atom stereocenters. The topological polar surface area (TPSA) is 98.7 Å². The molecular formula is C21H23N3O4. The Morgan fingerprint density at radius 1 is 1.07 bits per heavy atom. The average molecular weight is 381 g/mol. The van der Waals surface area contributed by atoms with Gasteiger partial charge in [-0.05, 0) is 36.6 Å². The van der Waals surface area contributed by atoms with Gasteiger partial charge in [-0.1, -0.05) is 37.3 Å². The van der Waals surface area contributed by atoms with Crippen LogP contribution >= 0.6 is 0 Å². The lowest BCUT2D eigenvalue weighted by atomic mass is 10.1. The minimum atomic E-state index is -0.849. The first kappa shape index (κ1) is 19.4. The average Bonchev–Trinajstić information content (AvgIpc) is 2.95. The van der Waals surface area contributed by atoms with E-state index in [0.717, 1.165) is 17.7 Å². The lowest BCUT2D eigenvalue weighted by molar-refractivity contribution is -0.140. The molecule has 1 unspecified atom stereocenters. The summed E-state index contributed by atoms with van der Waals surface area (Å²) < 4.78 is 0. The maximum Gasteiger partial charge on any atom is 0.310 e. The van der Waals surface area contributed by atoms with Gasteiger partial charge in [-0.15, -0.1) is 0 Å². The summed E-state index contributed by atoms with van der Waals surface area (Å²) in [7, 11) is 0. The van der Waals surface area contributed by atoms with E-state index in [1.165, 1.54) is 0 Å². The molecule has 0 aromatic heterocycles. The highest BCUT2D eigenvalue weighted by atomic mass is 16.3. The van der Waals surface area contributed by atoms with Gasteiger partial charge < -0.3 is 20.6 Å². The maximum absolute atomic E-state index is 12.7. The maximum atomic E-state index is 12.7. The zero-order valence-electron chi connectivity index (χ0n) is 15.6. The lowest BCUT2D eigenvalue weighted by Crippen LogP contribution is -2.45. The van der Waals surface area contributed by atoms with Gasteiger partial charge in [0.05, 0.1) is 0 Å². The molecule has 0 spiro atoms. The highest BCUT2D eigenvalue weighted by molar-refractivity contribution is 6.35. The molecule has 28 heavy (non-hydrogen) atoms. The molecule has 0 aliphatic carbocycles. The summed E-state index contributed by atoms with van der Waals surface area (Å²) in [5.74, 6) is -1.67. The molecule has 2 aromatic carbocycles. The van der Waals surface area contributed by atoms with Crippen LogP contribution in [0.15, 0.2) is 48.5 Å². The third kappa shape index (κ3) is 4.14. The Hall–Kier alpha value is -3.35. The van der Waals surface area contributed by atoms with Crippen LogP contribution in [0.3, 0.4) is 0 Å². The Labute approximate surface area is 163 Å². The Balaban J connectivity index is 1.58. The van der Waals surface area contributed by atoms with Crippen LogP contribution in [0.25, 0.3) is 0 Å². The number of phenolic OH excluding ortho intramolecular Hbond substituents is 1. The molecule has 2 aromatic rings. The fraction of sp³-hybridized carbons (Fsp3) is 0.286. The lowest BCUT2D eigenvalue weighted by Gasteiger charge is -2.17. The molecule has 7 heteroatoms. The summed E-state index contributed by atoms with van der Waals surface area (Å²) in [6, 6.07) is 13.1. The number of aromatic hydroxyl groups is 1. The number of fused-ring (bicyclic) bond motifs is 1. The minimum Gasteiger partial charge on any atom is -0.508 e. The summed E-state index contributed by atoms with van der Waals surface area (Å²) in [5.41, 5.74) is 2.40. The van der Waals surface area contributed by atoms with E-state index in [9.17, 15) is 19.5 Å². The molecule has 0 saturated heterocycles. The SMILES string of the molecule is CCCN1C(=O)C(NC(=O)C(=O)NCCc2ccc(O)cc2)c2ccccc21. The molecule has 1 heterocycles. The molecule has 146 valence electrons. The van der Waals surface area contributed by atoms with Crippen LogP contribution < -0.4 is 15.5 Å². The highest BCUT2D eigenvalue weighted by Crippen LogP contribution is 2.35. The molecule has 0 saturated carbocycles. The van der Waals surface area contributed by atoms with Crippen molar-refractivity contribution in [3.05, 3.63) is 59.7 Å². The Kier molecular flexibility index (Phi) is 5.93. The van der Waals surface area contributed by atoms with Gasteiger partial charge in [-0.2, -0.15) is 0 Å². The molecule has 0 bridgehead atoms. The van der Waals surface area contributed by atoms with Gasteiger partial charge in [0, 0.05) is 24.3 Å². The van der Waals surface area contributed by atoms with Crippen LogP contribution in [-0.4, -0.2) is 35.9 Å². The van der Waals surface area contributed by atoms with Gasteiger partial charge >= 0.3 is 11.8 Å². The van der Waals surface area contributed by atoms with E-state index in [4.69, 9.17) is 0 Å². The number of anilines is 1. The molecule has 3 N–H and O–H groups in total. The van der Waals surface area contributed by atoms with Crippen LogP contribution in [0.2, 0.25) is 0 Å². The van der Waals surface area contributed by atoms with Gasteiger partial charge in [0.2, 0.25) is 0 Å². The van der Waals surface area contributed by atoms with Gasteiger partial charge in [0.1, 0.15) is 11.8 Å². The smallest absolute Gasteiger partial charge is 0.310 e. The molecular weight excluding hydrogens is 358 g/mol. The number of benzene rings is 2.